The number of ether oxygens (including phenoxy) is 2. The molecule has 0 aliphatic carbocycles. The minimum Gasteiger partial charge on any atom is -0.490 e. The molecule has 0 atom stereocenters. The van der Waals surface area contributed by atoms with E-state index in [2.05, 4.69) is 36.4 Å². The van der Waals surface area contributed by atoms with E-state index in [1.807, 2.05) is 37.3 Å². The smallest absolute Gasteiger partial charge is 0.259 e. The van der Waals surface area contributed by atoms with E-state index in [-0.39, 0.29) is 12.5 Å². The molecule has 2 aromatic carbocycles. The molecule has 0 fully saturated rings. The van der Waals surface area contributed by atoms with Crippen LogP contribution in [0.4, 0.5) is 5.95 Å². The fourth-order valence-corrected chi connectivity index (χ4v) is 3.08. The lowest BCUT2D eigenvalue weighted by Crippen LogP contribution is -2.27. The van der Waals surface area contributed by atoms with Crippen LogP contribution in [0.15, 0.2) is 46.0 Å². The van der Waals surface area contributed by atoms with Crippen molar-refractivity contribution >= 4 is 45.0 Å². The first-order valence-electron chi connectivity index (χ1n) is 9.01. The minimum absolute atomic E-state index is 0.0767. The maximum Gasteiger partial charge on any atom is 0.259 e. The highest BCUT2D eigenvalue weighted by atomic mass is 79.9. The summed E-state index contributed by atoms with van der Waals surface area (Å²) in [6, 6.07) is 11.4. The van der Waals surface area contributed by atoms with Crippen LogP contribution in [0.25, 0.3) is 11.0 Å². The normalized spacial score (nSPS) is 11.0. The summed E-state index contributed by atoms with van der Waals surface area (Å²) < 4.78 is 12.0. The van der Waals surface area contributed by atoms with Crippen molar-refractivity contribution < 1.29 is 14.3 Å². The summed E-state index contributed by atoms with van der Waals surface area (Å²) >= 11 is 3.48. The Morgan fingerprint density at radius 1 is 1.31 bits per heavy atom. The summed E-state index contributed by atoms with van der Waals surface area (Å²) in [7, 11) is 3.36. The van der Waals surface area contributed by atoms with Crippen LogP contribution in [-0.2, 0) is 4.79 Å². The molecule has 29 heavy (non-hydrogen) atoms. The maximum atomic E-state index is 11.8. The lowest BCUT2D eigenvalue weighted by atomic mass is 10.2. The van der Waals surface area contributed by atoms with Gasteiger partial charge in [-0.1, -0.05) is 12.1 Å². The van der Waals surface area contributed by atoms with Crippen molar-refractivity contribution in [2.24, 2.45) is 5.10 Å². The van der Waals surface area contributed by atoms with E-state index in [4.69, 9.17) is 9.47 Å². The number of halogens is 1. The number of nitrogens with zero attached hydrogens (tertiary/aromatic N) is 3. The second-order valence-electron chi connectivity index (χ2n) is 6.31. The monoisotopic (exact) mass is 459 g/mol. The van der Waals surface area contributed by atoms with Crippen LogP contribution in [0.1, 0.15) is 12.5 Å². The number of carbonyl (C=O) groups excluding carboxylic acids is 1. The fraction of sp³-hybridized carbons (Fsp3) is 0.250. The number of aromatic amines is 1. The number of likely N-dealkylation sites (N-methyl/N-ethyl adjacent to an activating group) is 1. The summed E-state index contributed by atoms with van der Waals surface area (Å²) in [5, 5.41) is 4.23. The van der Waals surface area contributed by atoms with Crippen molar-refractivity contribution in [3.63, 3.8) is 0 Å². The number of carbonyl (C=O) groups is 1. The zero-order valence-electron chi connectivity index (χ0n) is 16.4. The Morgan fingerprint density at radius 3 is 2.83 bits per heavy atom. The van der Waals surface area contributed by atoms with Gasteiger partial charge in [0.05, 0.1) is 28.3 Å². The van der Waals surface area contributed by atoms with Gasteiger partial charge in [-0.15, -0.1) is 0 Å². The second-order valence-corrected chi connectivity index (χ2v) is 7.17. The quantitative estimate of drug-likeness (QED) is 0.396. The van der Waals surface area contributed by atoms with Crippen molar-refractivity contribution in [3.05, 3.63) is 46.4 Å². The molecule has 1 amide bonds. The van der Waals surface area contributed by atoms with Crippen molar-refractivity contribution in [1.29, 1.82) is 0 Å². The fourth-order valence-electron chi connectivity index (χ4n) is 2.50. The highest BCUT2D eigenvalue weighted by molar-refractivity contribution is 9.10. The number of fused-ring (bicyclic) bond motifs is 1. The van der Waals surface area contributed by atoms with Crippen molar-refractivity contribution in [1.82, 2.24) is 14.9 Å². The van der Waals surface area contributed by atoms with Gasteiger partial charge in [-0.3, -0.25) is 4.79 Å². The van der Waals surface area contributed by atoms with Gasteiger partial charge >= 0.3 is 0 Å². The molecule has 9 heteroatoms. The molecular formula is C20H22BrN5O3. The Balaban J connectivity index is 1.74. The van der Waals surface area contributed by atoms with Crippen LogP contribution < -0.4 is 14.9 Å². The number of hydrogen-bond acceptors (Lipinski definition) is 6. The molecule has 0 saturated heterocycles. The van der Waals surface area contributed by atoms with Crippen LogP contribution in [0.5, 0.6) is 11.5 Å². The molecule has 0 radical (unpaired) electrons. The van der Waals surface area contributed by atoms with Gasteiger partial charge in [0.15, 0.2) is 18.1 Å². The predicted octanol–water partition coefficient (Wildman–Crippen LogP) is 3.64. The molecule has 1 heterocycles. The topological polar surface area (TPSA) is 91.8 Å². The van der Waals surface area contributed by atoms with E-state index in [0.29, 0.717) is 28.5 Å². The zero-order chi connectivity index (χ0) is 20.8. The number of hydrogen-bond donors (Lipinski definition) is 2. The molecule has 2 N–H and O–H groups in total. The number of nitrogens with one attached hydrogen (secondary N) is 2. The van der Waals surface area contributed by atoms with Crippen molar-refractivity contribution in [2.45, 2.75) is 6.92 Å². The summed E-state index contributed by atoms with van der Waals surface area (Å²) in [4.78, 5) is 20.8. The van der Waals surface area contributed by atoms with Gasteiger partial charge in [-0.05, 0) is 52.7 Å². The Bertz CT molecular complexity index is 999. The number of benzene rings is 2. The molecule has 0 aliphatic rings. The van der Waals surface area contributed by atoms with E-state index < -0.39 is 0 Å². The van der Waals surface area contributed by atoms with Crippen molar-refractivity contribution in [2.75, 3.05) is 32.7 Å². The molecule has 0 unspecified atom stereocenters. The number of rotatable bonds is 8. The number of aromatic nitrogens is 2. The van der Waals surface area contributed by atoms with Gasteiger partial charge in [0.25, 0.3) is 5.91 Å². The lowest BCUT2D eigenvalue weighted by molar-refractivity contribution is -0.130. The molecule has 3 aromatic rings. The first-order valence-corrected chi connectivity index (χ1v) is 9.80. The van der Waals surface area contributed by atoms with Crippen LogP contribution in [-0.4, -0.2) is 54.3 Å². The van der Waals surface area contributed by atoms with Gasteiger partial charge in [0.2, 0.25) is 5.95 Å². The van der Waals surface area contributed by atoms with Gasteiger partial charge in [-0.2, -0.15) is 5.10 Å². The summed E-state index contributed by atoms with van der Waals surface area (Å²) in [5.74, 6) is 1.41. The number of para-hydroxylation sites is 2. The zero-order valence-corrected chi connectivity index (χ0v) is 18.0. The SMILES string of the molecule is CCOc1cc(C=NNc2nc3ccccc3[nH]2)cc(Br)c1OCC(=O)N(C)C. The van der Waals surface area contributed by atoms with Gasteiger partial charge < -0.3 is 19.4 Å². The third-order valence-corrected chi connectivity index (χ3v) is 4.53. The third-order valence-electron chi connectivity index (χ3n) is 3.94. The van der Waals surface area contributed by atoms with Crippen molar-refractivity contribution in [3.8, 4) is 11.5 Å². The van der Waals surface area contributed by atoms with E-state index >= 15 is 0 Å². The Labute approximate surface area is 177 Å². The Morgan fingerprint density at radius 2 is 2.10 bits per heavy atom. The number of amides is 1. The van der Waals surface area contributed by atoms with Crippen LogP contribution in [0.3, 0.4) is 0 Å². The van der Waals surface area contributed by atoms with E-state index in [1.54, 1.807) is 26.4 Å². The van der Waals surface area contributed by atoms with E-state index in [9.17, 15) is 4.79 Å². The Hall–Kier alpha value is -3.07. The molecule has 0 bridgehead atoms. The molecule has 1 aromatic heterocycles. The Kier molecular flexibility index (Phi) is 6.71. The molecule has 0 saturated carbocycles. The molecular weight excluding hydrogens is 438 g/mol. The predicted molar refractivity (Wildman–Crippen MR) is 117 cm³/mol. The highest BCUT2D eigenvalue weighted by Gasteiger charge is 2.14. The largest absolute Gasteiger partial charge is 0.490 e. The average Bonchev–Trinajstić information content (AvgIpc) is 3.10. The summed E-state index contributed by atoms with van der Waals surface area (Å²) in [6.45, 7) is 2.27. The van der Waals surface area contributed by atoms with Crippen LogP contribution >= 0.6 is 15.9 Å². The maximum absolute atomic E-state index is 11.8. The number of H-pyrrole nitrogens is 1. The van der Waals surface area contributed by atoms with E-state index in [0.717, 1.165) is 16.6 Å². The average molecular weight is 460 g/mol. The number of imidazole rings is 1. The van der Waals surface area contributed by atoms with E-state index in [1.165, 1.54) is 4.90 Å². The molecule has 0 spiro atoms. The highest BCUT2D eigenvalue weighted by Crippen LogP contribution is 2.36. The lowest BCUT2D eigenvalue weighted by Gasteiger charge is -2.16. The third kappa shape index (κ3) is 5.26. The summed E-state index contributed by atoms with van der Waals surface area (Å²) in [5.41, 5.74) is 5.47. The first kappa shape index (κ1) is 20.7. The minimum atomic E-state index is -0.139. The van der Waals surface area contributed by atoms with Gasteiger partial charge in [0, 0.05) is 14.1 Å². The van der Waals surface area contributed by atoms with Gasteiger partial charge in [-0.25, -0.2) is 10.4 Å². The second kappa shape index (κ2) is 9.42. The number of anilines is 1. The molecule has 0 aliphatic heterocycles. The number of hydrazone groups is 1. The summed E-state index contributed by atoms with van der Waals surface area (Å²) in [6.07, 6.45) is 1.65. The van der Waals surface area contributed by atoms with Crippen LogP contribution in [0, 0.1) is 0 Å². The molecule has 3 rings (SSSR count). The molecule has 8 nitrogen and oxygen atoms in total. The van der Waals surface area contributed by atoms with Crippen LogP contribution in [0.2, 0.25) is 0 Å². The first-order chi connectivity index (χ1) is 14.0. The van der Waals surface area contributed by atoms with Gasteiger partial charge in [0.1, 0.15) is 0 Å². The molecule has 152 valence electrons. The standard InChI is InChI=1S/C20H22BrN5O3/c1-4-28-17-10-13(9-14(21)19(17)29-12-18(27)26(2)3)11-22-25-20-23-15-7-5-6-8-16(15)24-20/h5-11H,4,12H2,1-3H3,(H2,23,24,25).